The third-order valence-corrected chi connectivity index (χ3v) is 2.34. The van der Waals surface area contributed by atoms with Crippen LogP contribution in [0.2, 0.25) is 0 Å². The van der Waals surface area contributed by atoms with Gasteiger partial charge in [0.05, 0.1) is 5.56 Å². The second-order valence-corrected chi connectivity index (χ2v) is 3.99. The van der Waals surface area contributed by atoms with Crippen LogP contribution in [0.3, 0.4) is 0 Å². The Labute approximate surface area is 114 Å². The van der Waals surface area contributed by atoms with E-state index in [0.717, 1.165) is 38.9 Å². The van der Waals surface area contributed by atoms with Gasteiger partial charge in [0, 0.05) is 6.61 Å². The first-order chi connectivity index (χ1) is 9.22. The number of aromatic carboxylic acids is 1. The van der Waals surface area contributed by atoms with Crippen LogP contribution in [-0.2, 0) is 0 Å². The minimum atomic E-state index is -0.879. The van der Waals surface area contributed by atoms with Gasteiger partial charge in [-0.15, -0.1) is 0 Å². The van der Waals surface area contributed by atoms with Gasteiger partial charge in [0.15, 0.2) is 0 Å². The number of unbranched alkanes of at least 4 members (excludes halogenated alkanes) is 1. The van der Waals surface area contributed by atoms with E-state index in [4.69, 9.17) is 15.9 Å². The normalized spacial score (nSPS) is 9.58. The maximum Gasteiger partial charge on any atom is 0.335 e. The number of aliphatic hydroxyl groups excluding tert-OH is 1. The zero-order valence-electron chi connectivity index (χ0n) is 11.2. The summed E-state index contributed by atoms with van der Waals surface area (Å²) in [5.41, 5.74) is 5.63. The fourth-order valence-corrected chi connectivity index (χ4v) is 1.30. The largest absolute Gasteiger partial charge is 0.478 e. The number of carboxylic acid groups (broad SMARTS) is 1. The van der Waals surface area contributed by atoms with Crippen molar-refractivity contribution in [2.45, 2.75) is 19.3 Å². The Morgan fingerprint density at radius 2 is 1.74 bits per heavy atom. The van der Waals surface area contributed by atoms with Crippen molar-refractivity contribution in [1.29, 1.82) is 0 Å². The molecule has 1 aromatic carbocycles. The standard InChI is InChI=1S/C7H18N2O.C7H6O2/c8-4-1-2-5-9-6-3-7-10;8-7(9)6-4-2-1-3-5-6/h9-10H,1-8H2;1-5H,(H,8,9). The molecule has 0 aliphatic carbocycles. The number of carbonyl (C=O) groups is 1. The van der Waals surface area contributed by atoms with Crippen LogP contribution < -0.4 is 11.1 Å². The van der Waals surface area contributed by atoms with Gasteiger partial charge < -0.3 is 21.3 Å². The van der Waals surface area contributed by atoms with Gasteiger partial charge >= 0.3 is 5.97 Å². The molecule has 0 spiro atoms. The van der Waals surface area contributed by atoms with Crippen LogP contribution >= 0.6 is 0 Å². The maximum absolute atomic E-state index is 10.2. The van der Waals surface area contributed by atoms with Gasteiger partial charge in [0.1, 0.15) is 0 Å². The molecule has 0 unspecified atom stereocenters. The molecule has 108 valence electrons. The quantitative estimate of drug-likeness (QED) is 0.529. The lowest BCUT2D eigenvalue weighted by Crippen LogP contribution is -2.18. The zero-order valence-corrected chi connectivity index (χ0v) is 11.2. The maximum atomic E-state index is 10.2. The summed E-state index contributed by atoms with van der Waals surface area (Å²) in [6, 6.07) is 8.30. The summed E-state index contributed by atoms with van der Waals surface area (Å²) in [5.74, 6) is -0.879. The van der Waals surface area contributed by atoms with Crippen LogP contribution in [0.5, 0.6) is 0 Å². The highest BCUT2D eigenvalue weighted by atomic mass is 16.4. The molecule has 19 heavy (non-hydrogen) atoms. The number of hydrogen-bond acceptors (Lipinski definition) is 4. The molecule has 5 N–H and O–H groups in total. The van der Waals surface area contributed by atoms with Gasteiger partial charge in [0.2, 0.25) is 0 Å². The molecule has 0 heterocycles. The fraction of sp³-hybridized carbons (Fsp3) is 0.500. The highest BCUT2D eigenvalue weighted by Gasteiger charge is 1.96. The van der Waals surface area contributed by atoms with Crippen molar-refractivity contribution in [3.05, 3.63) is 35.9 Å². The molecule has 0 bridgehead atoms. The molecule has 0 radical (unpaired) electrons. The molecule has 5 nitrogen and oxygen atoms in total. The minimum absolute atomic E-state index is 0.282. The van der Waals surface area contributed by atoms with Gasteiger partial charge in [-0.3, -0.25) is 0 Å². The first-order valence-corrected chi connectivity index (χ1v) is 6.52. The molecule has 0 aliphatic heterocycles. The van der Waals surface area contributed by atoms with Crippen LogP contribution in [0, 0.1) is 0 Å². The van der Waals surface area contributed by atoms with Crippen molar-refractivity contribution in [2.24, 2.45) is 5.73 Å². The number of nitrogens with two attached hydrogens (primary N) is 1. The molecule has 0 aliphatic rings. The smallest absolute Gasteiger partial charge is 0.335 e. The molecular formula is C14H24N2O3. The molecular weight excluding hydrogens is 244 g/mol. The summed E-state index contributed by atoms with van der Waals surface area (Å²) in [7, 11) is 0. The van der Waals surface area contributed by atoms with Crippen molar-refractivity contribution in [1.82, 2.24) is 5.32 Å². The lowest BCUT2D eigenvalue weighted by atomic mass is 10.2. The summed E-state index contributed by atoms with van der Waals surface area (Å²) in [4.78, 5) is 10.2. The van der Waals surface area contributed by atoms with Crippen molar-refractivity contribution in [3.63, 3.8) is 0 Å². The molecule has 1 aromatic rings. The fourth-order valence-electron chi connectivity index (χ4n) is 1.30. The van der Waals surface area contributed by atoms with Crippen LogP contribution in [0.1, 0.15) is 29.6 Å². The summed E-state index contributed by atoms with van der Waals surface area (Å²) in [6.07, 6.45) is 3.08. The number of nitrogens with one attached hydrogen (secondary N) is 1. The Hall–Kier alpha value is -1.43. The average molecular weight is 268 g/mol. The number of hydrogen-bond donors (Lipinski definition) is 4. The first-order valence-electron chi connectivity index (χ1n) is 6.52. The number of benzene rings is 1. The van der Waals surface area contributed by atoms with E-state index in [2.05, 4.69) is 5.32 Å². The Morgan fingerprint density at radius 1 is 1.11 bits per heavy atom. The Bertz CT molecular complexity index is 310. The predicted molar refractivity (Wildman–Crippen MR) is 76.3 cm³/mol. The average Bonchev–Trinajstić information content (AvgIpc) is 2.44. The molecule has 5 heteroatoms. The van der Waals surface area contributed by atoms with Crippen LogP contribution in [0.25, 0.3) is 0 Å². The molecule has 1 rings (SSSR count). The molecule has 0 saturated carbocycles. The van der Waals surface area contributed by atoms with Crippen LogP contribution in [0.4, 0.5) is 0 Å². The third kappa shape index (κ3) is 11.4. The van der Waals surface area contributed by atoms with E-state index in [1.807, 2.05) is 0 Å². The summed E-state index contributed by atoms with van der Waals surface area (Å²) in [5, 5.41) is 20.0. The van der Waals surface area contributed by atoms with E-state index in [-0.39, 0.29) is 6.61 Å². The van der Waals surface area contributed by atoms with E-state index in [1.165, 1.54) is 0 Å². The van der Waals surface area contributed by atoms with E-state index < -0.39 is 5.97 Å². The van der Waals surface area contributed by atoms with Gasteiger partial charge in [-0.25, -0.2) is 4.79 Å². The number of carboxylic acids is 1. The topological polar surface area (TPSA) is 95.6 Å². The highest BCUT2D eigenvalue weighted by Crippen LogP contribution is 1.96. The van der Waals surface area contributed by atoms with E-state index in [1.54, 1.807) is 30.3 Å². The Balaban J connectivity index is 0.000000342. The SMILES string of the molecule is NCCCCNCCCO.O=C(O)c1ccccc1. The second kappa shape index (κ2) is 13.0. The van der Waals surface area contributed by atoms with Gasteiger partial charge in [-0.05, 0) is 51.0 Å². The lowest BCUT2D eigenvalue weighted by molar-refractivity contribution is 0.0697. The number of rotatable bonds is 8. The first kappa shape index (κ1) is 17.6. The summed E-state index contributed by atoms with van der Waals surface area (Å²) >= 11 is 0. The predicted octanol–water partition coefficient (Wildman–Crippen LogP) is 1.08. The van der Waals surface area contributed by atoms with E-state index >= 15 is 0 Å². The Kier molecular flexibility index (Phi) is 12.0. The van der Waals surface area contributed by atoms with Crippen molar-refractivity contribution >= 4 is 5.97 Å². The van der Waals surface area contributed by atoms with Crippen LogP contribution in [0.15, 0.2) is 30.3 Å². The Morgan fingerprint density at radius 3 is 2.21 bits per heavy atom. The van der Waals surface area contributed by atoms with Gasteiger partial charge in [0.25, 0.3) is 0 Å². The van der Waals surface area contributed by atoms with Crippen molar-refractivity contribution in [3.8, 4) is 0 Å². The van der Waals surface area contributed by atoms with Gasteiger partial charge in [-0.1, -0.05) is 18.2 Å². The zero-order chi connectivity index (χ0) is 14.3. The van der Waals surface area contributed by atoms with E-state index in [9.17, 15) is 4.79 Å². The third-order valence-electron chi connectivity index (χ3n) is 2.34. The minimum Gasteiger partial charge on any atom is -0.478 e. The number of aliphatic hydroxyl groups is 1. The monoisotopic (exact) mass is 268 g/mol. The highest BCUT2D eigenvalue weighted by molar-refractivity contribution is 5.87. The summed E-state index contributed by atoms with van der Waals surface area (Å²) in [6.45, 7) is 3.00. The molecule has 0 atom stereocenters. The second-order valence-electron chi connectivity index (χ2n) is 3.99. The van der Waals surface area contributed by atoms with E-state index in [0.29, 0.717) is 5.56 Å². The summed E-state index contributed by atoms with van der Waals surface area (Å²) < 4.78 is 0. The van der Waals surface area contributed by atoms with Crippen molar-refractivity contribution < 1.29 is 15.0 Å². The lowest BCUT2D eigenvalue weighted by Gasteiger charge is -2.00. The molecule has 0 saturated heterocycles. The van der Waals surface area contributed by atoms with Gasteiger partial charge in [-0.2, -0.15) is 0 Å². The van der Waals surface area contributed by atoms with Crippen molar-refractivity contribution in [2.75, 3.05) is 26.2 Å². The molecule has 0 fully saturated rings. The molecule has 0 amide bonds. The van der Waals surface area contributed by atoms with Crippen LogP contribution in [-0.4, -0.2) is 42.4 Å². The molecule has 0 aromatic heterocycles.